The molecule has 0 atom stereocenters. The molecule has 150 valence electrons. The molecule has 0 saturated heterocycles. The molecule has 2 aromatic carbocycles. The van der Waals surface area contributed by atoms with Crippen LogP contribution in [0.25, 0.3) is 0 Å². The summed E-state index contributed by atoms with van der Waals surface area (Å²) in [6, 6.07) is 9.81. The van der Waals surface area contributed by atoms with E-state index in [0.717, 1.165) is 23.1 Å². The third kappa shape index (κ3) is 7.14. The van der Waals surface area contributed by atoms with Crippen LogP contribution in [0.3, 0.4) is 0 Å². The molecule has 0 radical (unpaired) electrons. The predicted molar refractivity (Wildman–Crippen MR) is 91.3 cm³/mol. The molecule has 2 rings (SSSR count). The molecule has 0 fully saturated rings. The van der Waals surface area contributed by atoms with Crippen molar-refractivity contribution in [3.8, 4) is 11.5 Å². The number of nitrogens with one attached hydrogen (secondary N) is 1. The Hall–Kier alpha value is -3.30. The van der Waals surface area contributed by atoms with Crippen molar-refractivity contribution in [1.82, 2.24) is 4.90 Å². The van der Waals surface area contributed by atoms with Gasteiger partial charge in [0.15, 0.2) is 6.61 Å². The summed E-state index contributed by atoms with van der Waals surface area (Å²) < 4.78 is 58.2. The maximum Gasteiger partial charge on any atom is 0.573 e. The summed E-state index contributed by atoms with van der Waals surface area (Å²) in [4.78, 5) is 25.0. The van der Waals surface area contributed by atoms with Crippen LogP contribution < -0.4 is 14.8 Å². The molecule has 0 saturated carbocycles. The Morgan fingerprint density at radius 3 is 2.36 bits per heavy atom. The molecule has 0 heterocycles. The van der Waals surface area contributed by atoms with Crippen molar-refractivity contribution in [1.29, 1.82) is 0 Å². The van der Waals surface area contributed by atoms with Crippen molar-refractivity contribution in [3.63, 3.8) is 0 Å². The Balaban J connectivity index is 1.80. The van der Waals surface area contributed by atoms with Crippen LogP contribution >= 0.6 is 0 Å². The number of halogens is 4. The highest BCUT2D eigenvalue weighted by Crippen LogP contribution is 2.23. The van der Waals surface area contributed by atoms with Gasteiger partial charge in [0.05, 0.1) is 6.54 Å². The smallest absolute Gasteiger partial charge is 0.484 e. The number of hydrogen-bond acceptors (Lipinski definition) is 4. The van der Waals surface area contributed by atoms with Crippen molar-refractivity contribution in [2.75, 3.05) is 25.5 Å². The lowest BCUT2D eigenvalue weighted by atomic mass is 10.3. The van der Waals surface area contributed by atoms with Crippen molar-refractivity contribution >= 4 is 17.5 Å². The van der Waals surface area contributed by atoms with E-state index in [1.54, 1.807) is 0 Å². The Morgan fingerprint density at radius 2 is 1.75 bits per heavy atom. The van der Waals surface area contributed by atoms with Crippen LogP contribution in [0, 0.1) is 5.82 Å². The first-order valence-electron chi connectivity index (χ1n) is 7.90. The first kappa shape index (κ1) is 21.0. The van der Waals surface area contributed by atoms with E-state index < -0.39 is 36.4 Å². The quantitative estimate of drug-likeness (QED) is 0.725. The average Bonchev–Trinajstić information content (AvgIpc) is 2.60. The second kappa shape index (κ2) is 9.07. The third-order valence-electron chi connectivity index (χ3n) is 3.34. The number of alkyl halides is 3. The number of benzene rings is 2. The van der Waals surface area contributed by atoms with Gasteiger partial charge in [-0.3, -0.25) is 9.59 Å². The molecular formula is C18H16F4N2O4. The zero-order valence-electron chi connectivity index (χ0n) is 14.6. The second-order valence-electron chi connectivity index (χ2n) is 5.62. The Kier molecular flexibility index (Phi) is 6.80. The topological polar surface area (TPSA) is 67.9 Å². The standard InChI is InChI=1S/C18H16F4N2O4/c1-24(17(26)11-27-15-4-2-3-12(19)9-15)10-16(25)23-13-5-7-14(8-6-13)28-18(20,21)22/h2-9H,10-11H2,1H3,(H,23,25). The summed E-state index contributed by atoms with van der Waals surface area (Å²) in [6.07, 6.45) is -4.80. The van der Waals surface area contributed by atoms with Gasteiger partial charge in [-0.15, -0.1) is 13.2 Å². The van der Waals surface area contributed by atoms with E-state index in [4.69, 9.17) is 4.74 Å². The lowest BCUT2D eigenvalue weighted by Crippen LogP contribution is -2.37. The lowest BCUT2D eigenvalue weighted by molar-refractivity contribution is -0.274. The van der Waals surface area contributed by atoms with Crippen molar-refractivity contribution < 1.29 is 36.6 Å². The Morgan fingerprint density at radius 1 is 1.07 bits per heavy atom. The number of rotatable bonds is 7. The molecule has 0 spiro atoms. The summed E-state index contributed by atoms with van der Waals surface area (Å²) in [5.74, 6) is -1.84. The Bertz CT molecular complexity index is 825. The van der Waals surface area contributed by atoms with E-state index in [2.05, 4.69) is 10.1 Å². The highest BCUT2D eigenvalue weighted by Gasteiger charge is 2.31. The van der Waals surface area contributed by atoms with Gasteiger partial charge >= 0.3 is 6.36 Å². The van der Waals surface area contributed by atoms with Gasteiger partial charge in [0.2, 0.25) is 5.91 Å². The van der Waals surface area contributed by atoms with Crippen LogP contribution in [0.4, 0.5) is 23.2 Å². The molecule has 1 N–H and O–H groups in total. The van der Waals surface area contributed by atoms with Crippen LogP contribution in [-0.4, -0.2) is 43.3 Å². The fraction of sp³-hybridized carbons (Fsp3) is 0.222. The molecule has 0 aromatic heterocycles. The fourth-order valence-electron chi connectivity index (χ4n) is 2.06. The van der Waals surface area contributed by atoms with Crippen LogP contribution in [0.5, 0.6) is 11.5 Å². The van der Waals surface area contributed by atoms with Crippen LogP contribution in [-0.2, 0) is 9.59 Å². The van der Waals surface area contributed by atoms with Crippen molar-refractivity contribution in [2.45, 2.75) is 6.36 Å². The minimum absolute atomic E-state index is 0.173. The van der Waals surface area contributed by atoms with E-state index in [0.29, 0.717) is 0 Å². The molecule has 2 amide bonds. The number of carbonyl (C=O) groups is 2. The van der Waals surface area contributed by atoms with Gasteiger partial charge < -0.3 is 19.7 Å². The van der Waals surface area contributed by atoms with E-state index >= 15 is 0 Å². The molecule has 0 bridgehead atoms. The zero-order valence-corrected chi connectivity index (χ0v) is 14.6. The number of hydrogen-bond donors (Lipinski definition) is 1. The summed E-state index contributed by atoms with van der Waals surface area (Å²) in [7, 11) is 1.37. The van der Waals surface area contributed by atoms with Crippen molar-refractivity contribution in [3.05, 3.63) is 54.3 Å². The minimum Gasteiger partial charge on any atom is -0.484 e. The highest BCUT2D eigenvalue weighted by molar-refractivity contribution is 5.94. The first-order chi connectivity index (χ1) is 13.1. The van der Waals surface area contributed by atoms with Gasteiger partial charge in [-0.2, -0.15) is 0 Å². The van der Waals surface area contributed by atoms with E-state index in [9.17, 15) is 27.2 Å². The van der Waals surface area contributed by atoms with Gasteiger partial charge in [-0.1, -0.05) is 6.07 Å². The zero-order chi connectivity index (χ0) is 20.7. The predicted octanol–water partition coefficient (Wildman–Crippen LogP) is 3.20. The SMILES string of the molecule is CN(CC(=O)Nc1ccc(OC(F)(F)F)cc1)C(=O)COc1cccc(F)c1. The normalized spacial score (nSPS) is 10.9. The van der Waals surface area contributed by atoms with Gasteiger partial charge in [0.1, 0.15) is 17.3 Å². The van der Waals surface area contributed by atoms with E-state index in [1.807, 2.05) is 0 Å². The molecular weight excluding hydrogens is 384 g/mol. The molecule has 0 aliphatic rings. The maximum atomic E-state index is 13.0. The number of nitrogens with zero attached hydrogens (tertiary/aromatic N) is 1. The Labute approximate surface area is 157 Å². The van der Waals surface area contributed by atoms with Gasteiger partial charge in [-0.25, -0.2) is 4.39 Å². The molecule has 0 aliphatic carbocycles. The number of ether oxygens (including phenoxy) is 2. The summed E-state index contributed by atoms with van der Waals surface area (Å²) in [5, 5.41) is 2.44. The minimum atomic E-state index is -4.80. The molecule has 6 nitrogen and oxygen atoms in total. The molecule has 2 aromatic rings. The summed E-state index contributed by atoms with van der Waals surface area (Å²) in [6.45, 7) is -0.705. The van der Waals surface area contributed by atoms with Crippen LogP contribution in [0.15, 0.2) is 48.5 Å². The third-order valence-corrected chi connectivity index (χ3v) is 3.34. The largest absolute Gasteiger partial charge is 0.573 e. The number of amides is 2. The second-order valence-corrected chi connectivity index (χ2v) is 5.62. The molecule has 0 aliphatic heterocycles. The van der Waals surface area contributed by atoms with Gasteiger partial charge in [0.25, 0.3) is 5.91 Å². The lowest BCUT2D eigenvalue weighted by Gasteiger charge is -2.17. The van der Waals surface area contributed by atoms with E-state index in [1.165, 1.54) is 37.4 Å². The van der Waals surface area contributed by atoms with Crippen molar-refractivity contribution in [2.24, 2.45) is 0 Å². The first-order valence-corrected chi connectivity index (χ1v) is 7.90. The number of likely N-dealkylation sites (N-methyl/N-ethyl adjacent to an activating group) is 1. The highest BCUT2D eigenvalue weighted by atomic mass is 19.4. The average molecular weight is 400 g/mol. The monoisotopic (exact) mass is 400 g/mol. The number of carbonyl (C=O) groups excluding carboxylic acids is 2. The van der Waals surface area contributed by atoms with Gasteiger partial charge in [0, 0.05) is 18.8 Å². The summed E-state index contributed by atoms with van der Waals surface area (Å²) in [5.41, 5.74) is 0.233. The maximum absolute atomic E-state index is 13.0. The van der Waals surface area contributed by atoms with E-state index in [-0.39, 0.29) is 18.0 Å². The molecule has 0 unspecified atom stereocenters. The fourth-order valence-corrected chi connectivity index (χ4v) is 2.06. The van der Waals surface area contributed by atoms with Gasteiger partial charge in [-0.05, 0) is 36.4 Å². The number of anilines is 1. The van der Waals surface area contributed by atoms with Crippen LogP contribution in [0.1, 0.15) is 0 Å². The summed E-state index contributed by atoms with van der Waals surface area (Å²) >= 11 is 0. The molecule has 28 heavy (non-hydrogen) atoms. The molecule has 10 heteroatoms. The van der Waals surface area contributed by atoms with Crippen LogP contribution in [0.2, 0.25) is 0 Å².